The van der Waals surface area contributed by atoms with Crippen molar-refractivity contribution in [3.8, 4) is 11.3 Å². The van der Waals surface area contributed by atoms with Crippen LogP contribution >= 0.6 is 0 Å². The summed E-state index contributed by atoms with van der Waals surface area (Å²) in [5.41, 5.74) is 3.28. The van der Waals surface area contributed by atoms with Gasteiger partial charge in [0.1, 0.15) is 5.82 Å². The Morgan fingerprint density at radius 1 is 1.26 bits per heavy atom. The molecule has 3 aromatic rings. The first-order chi connectivity index (χ1) is 11.2. The molecule has 0 bridgehead atoms. The summed E-state index contributed by atoms with van der Waals surface area (Å²) in [6.45, 7) is 6.10. The Kier molecular flexibility index (Phi) is 3.35. The SMILES string of the molecule is C=C(Nc1cc2cc(-c3cncn3C)ccc2cn1)C1CNC1. The van der Waals surface area contributed by atoms with E-state index in [-0.39, 0.29) is 0 Å². The maximum Gasteiger partial charge on any atom is 0.130 e. The molecule has 0 spiro atoms. The highest BCUT2D eigenvalue weighted by Crippen LogP contribution is 2.26. The lowest BCUT2D eigenvalue weighted by Gasteiger charge is -2.29. The second-order valence-electron chi connectivity index (χ2n) is 6.03. The minimum atomic E-state index is 0.494. The van der Waals surface area contributed by atoms with Gasteiger partial charge in [-0.2, -0.15) is 0 Å². The van der Waals surface area contributed by atoms with Crippen LogP contribution in [0.3, 0.4) is 0 Å². The Labute approximate surface area is 135 Å². The standard InChI is InChI=1S/C18H19N5/c1-12(16-7-19-8-16)22-18-6-15-5-13(3-4-14(15)9-21-18)17-10-20-11-23(17)2/h3-6,9-11,16,19H,1,7-8H2,2H3,(H,21,22). The van der Waals surface area contributed by atoms with Crippen molar-refractivity contribution in [3.63, 3.8) is 0 Å². The Hall–Kier alpha value is -2.66. The molecule has 1 fully saturated rings. The second kappa shape index (κ2) is 5.52. The molecule has 0 atom stereocenters. The van der Waals surface area contributed by atoms with Crippen molar-refractivity contribution in [2.45, 2.75) is 0 Å². The number of hydrogen-bond donors (Lipinski definition) is 2. The smallest absolute Gasteiger partial charge is 0.130 e. The van der Waals surface area contributed by atoms with Crippen LogP contribution in [0.25, 0.3) is 22.0 Å². The summed E-state index contributed by atoms with van der Waals surface area (Å²) in [5, 5.41) is 8.87. The van der Waals surface area contributed by atoms with Gasteiger partial charge in [0.05, 0.1) is 18.2 Å². The average Bonchev–Trinajstić information content (AvgIpc) is 2.91. The summed E-state index contributed by atoms with van der Waals surface area (Å²) < 4.78 is 2.02. The zero-order valence-electron chi connectivity index (χ0n) is 13.1. The quantitative estimate of drug-likeness (QED) is 0.778. The molecule has 0 amide bonds. The average molecular weight is 305 g/mol. The summed E-state index contributed by atoms with van der Waals surface area (Å²) in [6, 6.07) is 8.45. The molecular weight excluding hydrogens is 286 g/mol. The molecule has 1 aliphatic rings. The van der Waals surface area contributed by atoms with E-state index in [2.05, 4.69) is 51.4 Å². The Balaban J connectivity index is 1.66. The van der Waals surface area contributed by atoms with E-state index in [9.17, 15) is 0 Å². The van der Waals surface area contributed by atoms with Crippen molar-refractivity contribution >= 4 is 16.6 Å². The number of pyridine rings is 1. The van der Waals surface area contributed by atoms with Crippen LogP contribution in [0.15, 0.2) is 55.3 Å². The van der Waals surface area contributed by atoms with Crippen molar-refractivity contribution in [1.29, 1.82) is 0 Å². The summed E-state index contributed by atoms with van der Waals surface area (Å²) in [5.74, 6) is 1.34. The molecule has 0 saturated carbocycles. The fourth-order valence-corrected chi connectivity index (χ4v) is 2.81. The maximum absolute atomic E-state index is 4.49. The molecule has 5 nitrogen and oxygen atoms in total. The molecule has 2 N–H and O–H groups in total. The molecule has 0 radical (unpaired) electrons. The summed E-state index contributed by atoms with van der Waals surface area (Å²) >= 11 is 0. The van der Waals surface area contributed by atoms with Gasteiger partial charge in [0.15, 0.2) is 0 Å². The highest BCUT2D eigenvalue weighted by molar-refractivity contribution is 5.88. The Morgan fingerprint density at radius 2 is 2.13 bits per heavy atom. The van der Waals surface area contributed by atoms with Crippen LogP contribution in [0.4, 0.5) is 5.82 Å². The van der Waals surface area contributed by atoms with Gasteiger partial charge in [-0.3, -0.25) is 0 Å². The Morgan fingerprint density at radius 3 is 2.83 bits per heavy atom. The summed E-state index contributed by atoms with van der Waals surface area (Å²) in [4.78, 5) is 8.68. The number of nitrogens with zero attached hydrogens (tertiary/aromatic N) is 3. The number of benzene rings is 1. The molecule has 2 aromatic heterocycles. The van der Waals surface area contributed by atoms with E-state index in [1.165, 1.54) is 0 Å². The highest BCUT2D eigenvalue weighted by atomic mass is 15.0. The second-order valence-corrected chi connectivity index (χ2v) is 6.03. The maximum atomic E-state index is 4.49. The van der Waals surface area contributed by atoms with Gasteiger partial charge in [-0.15, -0.1) is 0 Å². The van der Waals surface area contributed by atoms with E-state index in [0.29, 0.717) is 5.92 Å². The molecule has 3 heterocycles. The minimum absolute atomic E-state index is 0.494. The highest BCUT2D eigenvalue weighted by Gasteiger charge is 2.20. The number of anilines is 1. The van der Waals surface area contributed by atoms with Crippen LogP contribution in [-0.4, -0.2) is 27.6 Å². The van der Waals surface area contributed by atoms with Crippen molar-refractivity contribution in [2.24, 2.45) is 13.0 Å². The van der Waals surface area contributed by atoms with E-state index in [1.54, 1.807) is 0 Å². The number of aryl methyl sites for hydroxylation is 1. The van der Waals surface area contributed by atoms with E-state index in [4.69, 9.17) is 0 Å². The molecule has 4 rings (SSSR count). The topological polar surface area (TPSA) is 54.8 Å². The zero-order chi connectivity index (χ0) is 15.8. The lowest BCUT2D eigenvalue weighted by Crippen LogP contribution is -2.44. The van der Waals surface area contributed by atoms with Crippen LogP contribution in [0.1, 0.15) is 0 Å². The van der Waals surface area contributed by atoms with Gasteiger partial charge in [0.25, 0.3) is 0 Å². The molecule has 1 saturated heterocycles. The lowest BCUT2D eigenvalue weighted by molar-refractivity contribution is 0.402. The number of nitrogens with one attached hydrogen (secondary N) is 2. The van der Waals surface area contributed by atoms with E-state index in [0.717, 1.165) is 46.6 Å². The third-order valence-electron chi connectivity index (χ3n) is 4.40. The van der Waals surface area contributed by atoms with Gasteiger partial charge >= 0.3 is 0 Å². The number of hydrogen-bond acceptors (Lipinski definition) is 4. The van der Waals surface area contributed by atoms with Crippen molar-refractivity contribution in [3.05, 3.63) is 55.3 Å². The summed E-state index contributed by atoms with van der Waals surface area (Å²) in [6.07, 6.45) is 5.60. The number of rotatable bonds is 4. The summed E-state index contributed by atoms with van der Waals surface area (Å²) in [7, 11) is 2.00. The lowest BCUT2D eigenvalue weighted by atomic mass is 10.00. The zero-order valence-corrected chi connectivity index (χ0v) is 13.1. The number of fused-ring (bicyclic) bond motifs is 1. The first-order valence-electron chi connectivity index (χ1n) is 7.74. The molecule has 23 heavy (non-hydrogen) atoms. The van der Waals surface area contributed by atoms with Gasteiger partial charge in [0, 0.05) is 48.9 Å². The molecule has 116 valence electrons. The van der Waals surface area contributed by atoms with Gasteiger partial charge < -0.3 is 15.2 Å². The molecular formula is C18H19N5. The van der Waals surface area contributed by atoms with Crippen LogP contribution in [0.5, 0.6) is 0 Å². The van der Waals surface area contributed by atoms with Gasteiger partial charge in [-0.25, -0.2) is 9.97 Å². The fraction of sp³-hybridized carbons (Fsp3) is 0.222. The van der Waals surface area contributed by atoms with Gasteiger partial charge in [-0.05, 0) is 17.5 Å². The third-order valence-corrected chi connectivity index (χ3v) is 4.40. The van der Waals surface area contributed by atoms with Gasteiger partial charge in [-0.1, -0.05) is 18.7 Å². The minimum Gasteiger partial charge on any atom is -0.344 e. The van der Waals surface area contributed by atoms with Gasteiger partial charge in [0.2, 0.25) is 0 Å². The molecule has 0 aliphatic carbocycles. The van der Waals surface area contributed by atoms with E-state index in [1.807, 2.05) is 30.3 Å². The van der Waals surface area contributed by atoms with E-state index < -0.39 is 0 Å². The van der Waals surface area contributed by atoms with Crippen molar-refractivity contribution < 1.29 is 0 Å². The molecule has 5 heteroatoms. The fourth-order valence-electron chi connectivity index (χ4n) is 2.81. The number of aromatic nitrogens is 3. The monoisotopic (exact) mass is 305 g/mol. The van der Waals surface area contributed by atoms with Crippen LogP contribution in [0.2, 0.25) is 0 Å². The van der Waals surface area contributed by atoms with Crippen molar-refractivity contribution in [1.82, 2.24) is 19.9 Å². The predicted octanol–water partition coefficient (Wildman–Crippen LogP) is 2.78. The van der Waals surface area contributed by atoms with Crippen molar-refractivity contribution in [2.75, 3.05) is 18.4 Å². The van der Waals surface area contributed by atoms with Crippen LogP contribution < -0.4 is 10.6 Å². The Bertz CT molecular complexity index is 876. The van der Waals surface area contributed by atoms with E-state index >= 15 is 0 Å². The van der Waals surface area contributed by atoms with Crippen LogP contribution in [0, 0.1) is 5.92 Å². The largest absolute Gasteiger partial charge is 0.344 e. The molecule has 1 aliphatic heterocycles. The molecule has 1 aromatic carbocycles. The number of imidazole rings is 1. The third kappa shape index (κ3) is 2.59. The van der Waals surface area contributed by atoms with Crippen LogP contribution in [-0.2, 0) is 7.05 Å². The normalized spacial score (nSPS) is 14.7. The predicted molar refractivity (Wildman–Crippen MR) is 93.1 cm³/mol. The molecule has 0 unspecified atom stereocenters. The first-order valence-corrected chi connectivity index (χ1v) is 7.74. The first kappa shape index (κ1) is 14.0.